The Balaban J connectivity index is 1.90. The summed E-state index contributed by atoms with van der Waals surface area (Å²) in [6, 6.07) is 13.5. The van der Waals surface area contributed by atoms with Gasteiger partial charge in [-0.1, -0.05) is 47.2 Å². The van der Waals surface area contributed by atoms with Gasteiger partial charge >= 0.3 is 0 Å². The van der Waals surface area contributed by atoms with E-state index in [1.54, 1.807) is 24.4 Å². The van der Waals surface area contributed by atoms with Crippen LogP contribution in [0.4, 0.5) is 5.13 Å². The van der Waals surface area contributed by atoms with E-state index < -0.39 is 0 Å². The number of nitrogens with zero attached hydrogens (tertiary/aromatic N) is 3. The highest BCUT2D eigenvalue weighted by molar-refractivity contribution is 7.16. The Morgan fingerprint density at radius 1 is 1.16 bits per heavy atom. The highest BCUT2D eigenvalue weighted by Gasteiger charge is 2.16. The molecule has 0 aliphatic rings. The molecule has 2 heterocycles. The van der Waals surface area contributed by atoms with Crippen LogP contribution in [0, 0.1) is 6.92 Å². The largest absolute Gasteiger partial charge is 0.304 e. The van der Waals surface area contributed by atoms with Gasteiger partial charge in [-0.2, -0.15) is 0 Å². The minimum atomic E-state index is -0.249. The monoisotopic (exact) mass is 352 g/mol. The summed E-state index contributed by atoms with van der Waals surface area (Å²) in [5.74, 6) is -0.249. The van der Waals surface area contributed by atoms with Crippen LogP contribution in [-0.4, -0.2) is 34.9 Å². The van der Waals surface area contributed by atoms with Crippen LogP contribution in [0.25, 0.3) is 11.3 Å². The molecule has 3 rings (SSSR count). The smallest absolute Gasteiger partial charge is 0.276 e. The highest BCUT2D eigenvalue weighted by atomic mass is 32.1. The molecule has 1 N–H and O–H groups in total. The number of nitrogens with one attached hydrogen (secondary N) is 1. The number of anilines is 1. The summed E-state index contributed by atoms with van der Waals surface area (Å²) in [6.07, 6.45) is 1.60. The van der Waals surface area contributed by atoms with Gasteiger partial charge < -0.3 is 4.90 Å². The topological polar surface area (TPSA) is 58.1 Å². The zero-order valence-corrected chi connectivity index (χ0v) is 15.3. The summed E-state index contributed by atoms with van der Waals surface area (Å²) in [6.45, 7) is 2.82. The van der Waals surface area contributed by atoms with Gasteiger partial charge in [0.05, 0.1) is 5.69 Å². The molecule has 0 aliphatic heterocycles. The van der Waals surface area contributed by atoms with Crippen molar-refractivity contribution in [1.82, 2.24) is 14.9 Å². The fraction of sp³-hybridized carbons (Fsp3) is 0.211. The number of carbonyl (C=O) groups is 1. The Bertz CT molecular complexity index is 857. The summed E-state index contributed by atoms with van der Waals surface area (Å²) in [5, 5.41) is 3.45. The first-order valence-electron chi connectivity index (χ1n) is 7.97. The van der Waals surface area contributed by atoms with Crippen molar-refractivity contribution in [2.24, 2.45) is 0 Å². The van der Waals surface area contributed by atoms with E-state index in [0.717, 1.165) is 22.7 Å². The number of hydrogen-bond acceptors (Lipinski definition) is 5. The number of carbonyl (C=O) groups excluding carboxylic acids is 1. The Morgan fingerprint density at radius 3 is 2.56 bits per heavy atom. The molecule has 1 amide bonds. The van der Waals surface area contributed by atoms with Gasteiger partial charge in [0, 0.05) is 23.2 Å². The molecule has 128 valence electrons. The van der Waals surface area contributed by atoms with Gasteiger partial charge in [-0.25, -0.2) is 4.98 Å². The molecule has 25 heavy (non-hydrogen) atoms. The second-order valence-electron chi connectivity index (χ2n) is 6.06. The highest BCUT2D eigenvalue weighted by Crippen LogP contribution is 2.32. The predicted octanol–water partition coefficient (Wildman–Crippen LogP) is 3.83. The third-order valence-electron chi connectivity index (χ3n) is 3.60. The molecule has 0 saturated carbocycles. The van der Waals surface area contributed by atoms with Crippen molar-refractivity contribution in [3.63, 3.8) is 0 Å². The maximum absolute atomic E-state index is 12.3. The lowest BCUT2D eigenvalue weighted by Gasteiger charge is -2.09. The van der Waals surface area contributed by atoms with Crippen LogP contribution in [0.2, 0.25) is 0 Å². The first kappa shape index (κ1) is 17.3. The predicted molar refractivity (Wildman–Crippen MR) is 102 cm³/mol. The van der Waals surface area contributed by atoms with Crippen molar-refractivity contribution < 1.29 is 4.79 Å². The van der Waals surface area contributed by atoms with Gasteiger partial charge in [0.25, 0.3) is 5.91 Å². The molecule has 0 saturated heterocycles. The lowest BCUT2D eigenvalue weighted by Crippen LogP contribution is -2.13. The molecule has 0 atom stereocenters. The van der Waals surface area contributed by atoms with Crippen molar-refractivity contribution in [1.29, 1.82) is 0 Å². The average Bonchev–Trinajstić information content (AvgIpc) is 2.98. The quantitative estimate of drug-likeness (QED) is 0.758. The van der Waals surface area contributed by atoms with Gasteiger partial charge in [-0.3, -0.25) is 15.1 Å². The van der Waals surface area contributed by atoms with Gasteiger partial charge in [0.2, 0.25) is 0 Å². The number of aromatic nitrogens is 2. The van der Waals surface area contributed by atoms with E-state index in [0.29, 0.717) is 10.8 Å². The number of hydrogen-bond donors (Lipinski definition) is 1. The third-order valence-corrected chi connectivity index (χ3v) is 4.56. The molecule has 0 fully saturated rings. The number of aryl methyl sites for hydroxylation is 1. The van der Waals surface area contributed by atoms with Gasteiger partial charge in [-0.05, 0) is 33.2 Å². The van der Waals surface area contributed by atoms with Crippen LogP contribution < -0.4 is 5.32 Å². The molecular weight excluding hydrogens is 332 g/mol. The minimum absolute atomic E-state index is 0.249. The van der Waals surface area contributed by atoms with Crippen molar-refractivity contribution in [2.75, 3.05) is 19.4 Å². The maximum atomic E-state index is 12.3. The zero-order chi connectivity index (χ0) is 17.8. The summed E-state index contributed by atoms with van der Waals surface area (Å²) in [5.41, 5.74) is 3.55. The van der Waals surface area contributed by atoms with Crippen LogP contribution in [0.1, 0.15) is 20.9 Å². The fourth-order valence-corrected chi connectivity index (χ4v) is 3.49. The van der Waals surface area contributed by atoms with E-state index in [4.69, 9.17) is 0 Å². The molecule has 2 aromatic heterocycles. The second kappa shape index (κ2) is 7.55. The molecule has 0 spiro atoms. The van der Waals surface area contributed by atoms with Crippen LogP contribution in [0.15, 0.2) is 48.7 Å². The number of thiazole rings is 1. The molecule has 6 heteroatoms. The Hall–Kier alpha value is -2.57. The first-order valence-corrected chi connectivity index (χ1v) is 8.78. The van der Waals surface area contributed by atoms with E-state index in [2.05, 4.69) is 51.4 Å². The second-order valence-corrected chi connectivity index (χ2v) is 7.15. The summed E-state index contributed by atoms with van der Waals surface area (Å²) in [4.78, 5) is 24.3. The summed E-state index contributed by atoms with van der Waals surface area (Å²) in [7, 11) is 4.04. The zero-order valence-electron chi connectivity index (χ0n) is 14.5. The first-order chi connectivity index (χ1) is 12.0. The van der Waals surface area contributed by atoms with E-state index in [1.165, 1.54) is 16.9 Å². The van der Waals surface area contributed by atoms with E-state index >= 15 is 0 Å². The summed E-state index contributed by atoms with van der Waals surface area (Å²) >= 11 is 1.50. The standard InChI is InChI=1S/C19H20N4OS/c1-13-7-9-14(10-8-13)17-16(12-23(2)3)25-19(21-17)22-18(24)15-6-4-5-11-20-15/h4-11H,12H2,1-3H3,(H,21,22,24). The van der Waals surface area contributed by atoms with Crippen molar-refractivity contribution in [2.45, 2.75) is 13.5 Å². The third kappa shape index (κ3) is 4.29. The Morgan fingerprint density at radius 2 is 1.92 bits per heavy atom. The normalized spacial score (nSPS) is 10.9. The van der Waals surface area contributed by atoms with Crippen molar-refractivity contribution in [3.8, 4) is 11.3 Å². The van der Waals surface area contributed by atoms with Gasteiger partial charge in [-0.15, -0.1) is 0 Å². The Kier molecular flexibility index (Phi) is 5.21. The number of rotatable bonds is 5. The lowest BCUT2D eigenvalue weighted by atomic mass is 10.1. The van der Waals surface area contributed by atoms with Crippen molar-refractivity contribution >= 4 is 22.4 Å². The average molecular weight is 352 g/mol. The number of pyridine rings is 1. The van der Waals surface area contributed by atoms with Crippen LogP contribution in [0.5, 0.6) is 0 Å². The SMILES string of the molecule is Cc1ccc(-c2nc(NC(=O)c3ccccn3)sc2CN(C)C)cc1. The molecule has 0 unspecified atom stereocenters. The molecule has 1 aromatic carbocycles. The molecular formula is C19H20N4OS. The van der Waals surface area contributed by atoms with Crippen LogP contribution in [-0.2, 0) is 6.54 Å². The fourth-order valence-electron chi connectivity index (χ4n) is 2.39. The summed E-state index contributed by atoms with van der Waals surface area (Å²) < 4.78 is 0. The molecule has 3 aromatic rings. The molecule has 0 aliphatic carbocycles. The molecule has 0 bridgehead atoms. The number of benzene rings is 1. The van der Waals surface area contributed by atoms with E-state index in [1.807, 2.05) is 14.1 Å². The van der Waals surface area contributed by atoms with E-state index in [9.17, 15) is 4.79 Å². The number of amides is 1. The molecule has 5 nitrogen and oxygen atoms in total. The van der Waals surface area contributed by atoms with Crippen molar-refractivity contribution in [3.05, 3.63) is 64.8 Å². The van der Waals surface area contributed by atoms with Crippen LogP contribution >= 0.6 is 11.3 Å². The minimum Gasteiger partial charge on any atom is -0.304 e. The maximum Gasteiger partial charge on any atom is 0.276 e. The Labute approximate surface area is 151 Å². The lowest BCUT2D eigenvalue weighted by molar-refractivity contribution is 0.102. The van der Waals surface area contributed by atoms with Gasteiger partial charge in [0.1, 0.15) is 5.69 Å². The van der Waals surface area contributed by atoms with Gasteiger partial charge in [0.15, 0.2) is 5.13 Å². The van der Waals surface area contributed by atoms with Crippen LogP contribution in [0.3, 0.4) is 0 Å². The van der Waals surface area contributed by atoms with E-state index in [-0.39, 0.29) is 5.91 Å². The molecule has 0 radical (unpaired) electrons.